The average Bonchev–Trinajstić information content (AvgIpc) is 3.19. The first kappa shape index (κ1) is 20.9. The number of thiocarbonyl (C=S) groups is 1. The van der Waals surface area contributed by atoms with Gasteiger partial charge < -0.3 is 5.32 Å². The Labute approximate surface area is 164 Å². The highest BCUT2D eigenvalue weighted by Gasteiger charge is 2.27. The number of benzene rings is 1. The van der Waals surface area contributed by atoms with Gasteiger partial charge in [0, 0.05) is 25.2 Å². The predicted octanol–water partition coefficient (Wildman–Crippen LogP) is 1.33. The number of nitrogens with zero attached hydrogens (tertiary/aromatic N) is 1. The summed E-state index contributed by atoms with van der Waals surface area (Å²) < 4.78 is 26.4. The van der Waals surface area contributed by atoms with Gasteiger partial charge in [0.15, 0.2) is 5.11 Å². The number of hydrogen-bond donors (Lipinski definition) is 3. The molecule has 144 valence electrons. The maximum absolute atomic E-state index is 12.5. The molecule has 2 rings (SSSR count). The van der Waals surface area contributed by atoms with Gasteiger partial charge in [-0.05, 0) is 67.8 Å². The van der Waals surface area contributed by atoms with Crippen LogP contribution in [0.4, 0.5) is 0 Å². The lowest BCUT2D eigenvalue weighted by atomic mass is 10.2. The van der Waals surface area contributed by atoms with Crippen LogP contribution in [0.3, 0.4) is 0 Å². The molecule has 0 atom stereocenters. The number of nitrogens with one attached hydrogen (secondary N) is 3. The summed E-state index contributed by atoms with van der Waals surface area (Å²) in [4.78, 5) is 12.3. The Balaban J connectivity index is 1.85. The van der Waals surface area contributed by atoms with Crippen LogP contribution in [-0.4, -0.2) is 55.4 Å². The van der Waals surface area contributed by atoms with E-state index in [9.17, 15) is 13.2 Å². The molecular weight excluding hydrogens is 392 g/mol. The second-order valence-corrected chi connectivity index (χ2v) is 9.15. The second kappa shape index (κ2) is 10.1. The Morgan fingerprint density at radius 3 is 2.46 bits per heavy atom. The van der Waals surface area contributed by atoms with Crippen molar-refractivity contribution >= 4 is 45.0 Å². The van der Waals surface area contributed by atoms with Crippen molar-refractivity contribution in [2.24, 2.45) is 0 Å². The summed E-state index contributed by atoms with van der Waals surface area (Å²) in [5.74, 6) is 0.651. The monoisotopic (exact) mass is 416 g/mol. The van der Waals surface area contributed by atoms with E-state index in [-0.39, 0.29) is 10.8 Å². The average molecular weight is 417 g/mol. The zero-order valence-electron chi connectivity index (χ0n) is 14.7. The highest BCUT2D eigenvalue weighted by Crippen LogP contribution is 2.20. The summed E-state index contributed by atoms with van der Waals surface area (Å²) in [6.07, 6.45) is 4.79. The van der Waals surface area contributed by atoms with Crippen LogP contribution in [-0.2, 0) is 10.0 Å². The van der Waals surface area contributed by atoms with Crippen LogP contribution >= 0.6 is 24.0 Å². The third-order valence-electron chi connectivity index (χ3n) is 3.92. The van der Waals surface area contributed by atoms with Crippen LogP contribution in [0, 0.1) is 0 Å². The molecule has 0 radical (unpaired) electrons. The van der Waals surface area contributed by atoms with Gasteiger partial charge in [-0.15, -0.1) is 0 Å². The number of amides is 1. The van der Waals surface area contributed by atoms with Crippen molar-refractivity contribution in [3.8, 4) is 0 Å². The minimum Gasteiger partial charge on any atom is -0.361 e. The van der Waals surface area contributed by atoms with Crippen LogP contribution < -0.4 is 16.2 Å². The van der Waals surface area contributed by atoms with E-state index < -0.39 is 10.0 Å². The van der Waals surface area contributed by atoms with Crippen LogP contribution in [0.25, 0.3) is 0 Å². The topological polar surface area (TPSA) is 90.5 Å². The number of hydrogen-bond acceptors (Lipinski definition) is 5. The lowest BCUT2D eigenvalue weighted by Gasteiger charge is -2.15. The predicted molar refractivity (Wildman–Crippen MR) is 109 cm³/mol. The largest absolute Gasteiger partial charge is 0.361 e. The fourth-order valence-corrected chi connectivity index (χ4v) is 4.61. The summed E-state index contributed by atoms with van der Waals surface area (Å²) in [6, 6.07) is 5.91. The van der Waals surface area contributed by atoms with E-state index in [4.69, 9.17) is 12.2 Å². The summed E-state index contributed by atoms with van der Waals surface area (Å²) in [5.41, 5.74) is 5.48. The first-order valence-electron chi connectivity index (χ1n) is 8.38. The summed E-state index contributed by atoms with van der Waals surface area (Å²) in [6.45, 7) is 1.83. The molecule has 0 aromatic heterocycles. The molecule has 1 fully saturated rings. The molecule has 3 N–H and O–H groups in total. The molecule has 1 aromatic carbocycles. The highest BCUT2D eigenvalue weighted by atomic mass is 32.2. The van der Waals surface area contributed by atoms with Gasteiger partial charge in [-0.2, -0.15) is 16.1 Å². The molecule has 1 heterocycles. The maximum Gasteiger partial charge on any atom is 0.269 e. The van der Waals surface area contributed by atoms with E-state index in [0.29, 0.717) is 23.8 Å². The van der Waals surface area contributed by atoms with Crippen molar-refractivity contribution in [1.29, 1.82) is 0 Å². The smallest absolute Gasteiger partial charge is 0.269 e. The lowest BCUT2D eigenvalue weighted by molar-refractivity contribution is 0.0943. The van der Waals surface area contributed by atoms with Crippen LogP contribution in [0.15, 0.2) is 29.2 Å². The fraction of sp³-hybridized carbons (Fsp3) is 0.500. The summed E-state index contributed by atoms with van der Waals surface area (Å²) in [7, 11) is -3.47. The zero-order valence-corrected chi connectivity index (χ0v) is 17.1. The van der Waals surface area contributed by atoms with Crippen molar-refractivity contribution in [2.75, 3.05) is 31.6 Å². The molecule has 0 aliphatic carbocycles. The van der Waals surface area contributed by atoms with Crippen molar-refractivity contribution < 1.29 is 13.2 Å². The number of carbonyl (C=O) groups is 1. The molecule has 1 aromatic rings. The van der Waals surface area contributed by atoms with E-state index in [0.717, 1.165) is 31.6 Å². The number of hydrazine groups is 1. The van der Waals surface area contributed by atoms with E-state index in [1.165, 1.54) is 28.6 Å². The molecule has 0 unspecified atom stereocenters. The first-order valence-corrected chi connectivity index (χ1v) is 11.6. The molecular formula is C16H24N4O3S3. The minimum absolute atomic E-state index is 0.204. The van der Waals surface area contributed by atoms with Gasteiger partial charge in [0.1, 0.15) is 0 Å². The van der Waals surface area contributed by atoms with Crippen molar-refractivity contribution in [2.45, 2.75) is 24.2 Å². The van der Waals surface area contributed by atoms with Gasteiger partial charge in [-0.1, -0.05) is 0 Å². The molecule has 1 aliphatic rings. The standard InChI is InChI=1S/C16H24N4O3S3/c1-25-12-4-9-17-16(24)19-18-15(21)13-5-7-14(8-6-13)26(22,23)20-10-2-3-11-20/h5-8H,2-4,9-12H2,1H3,(H,18,21)(H2,17,19,24). The number of rotatable bonds is 7. The Hall–Kier alpha value is -1.36. The van der Waals surface area contributed by atoms with Crippen LogP contribution in [0.1, 0.15) is 29.6 Å². The number of thioether (sulfide) groups is 1. The van der Waals surface area contributed by atoms with E-state index in [1.807, 2.05) is 6.26 Å². The van der Waals surface area contributed by atoms with Gasteiger partial charge in [0.2, 0.25) is 10.0 Å². The van der Waals surface area contributed by atoms with Gasteiger partial charge in [0.05, 0.1) is 4.90 Å². The van der Waals surface area contributed by atoms with Crippen molar-refractivity contribution in [3.05, 3.63) is 29.8 Å². The molecule has 1 saturated heterocycles. The molecule has 0 spiro atoms. The van der Waals surface area contributed by atoms with Crippen molar-refractivity contribution in [3.63, 3.8) is 0 Å². The Morgan fingerprint density at radius 2 is 1.85 bits per heavy atom. The maximum atomic E-state index is 12.5. The molecule has 1 amide bonds. The second-order valence-electron chi connectivity index (χ2n) is 5.82. The van der Waals surface area contributed by atoms with E-state index in [2.05, 4.69) is 16.2 Å². The van der Waals surface area contributed by atoms with Crippen LogP contribution in [0.2, 0.25) is 0 Å². The molecule has 1 aliphatic heterocycles. The Kier molecular flexibility index (Phi) is 8.14. The van der Waals surface area contributed by atoms with Gasteiger partial charge in [0.25, 0.3) is 5.91 Å². The number of carbonyl (C=O) groups excluding carboxylic acids is 1. The lowest BCUT2D eigenvalue weighted by Crippen LogP contribution is -2.47. The molecule has 0 bridgehead atoms. The first-order chi connectivity index (χ1) is 12.4. The third-order valence-corrected chi connectivity index (χ3v) is 6.78. The highest BCUT2D eigenvalue weighted by molar-refractivity contribution is 7.98. The fourth-order valence-electron chi connectivity index (χ4n) is 2.50. The van der Waals surface area contributed by atoms with Crippen molar-refractivity contribution in [1.82, 2.24) is 20.5 Å². The molecule has 26 heavy (non-hydrogen) atoms. The summed E-state index contributed by atoms with van der Waals surface area (Å²) in [5, 5.41) is 3.33. The number of sulfonamides is 1. The quantitative estimate of drug-likeness (QED) is 0.351. The summed E-state index contributed by atoms with van der Waals surface area (Å²) >= 11 is 6.83. The zero-order chi connectivity index (χ0) is 19.0. The van der Waals surface area contributed by atoms with Gasteiger partial charge >= 0.3 is 0 Å². The normalized spacial score (nSPS) is 14.8. The van der Waals surface area contributed by atoms with Gasteiger partial charge in [-0.3, -0.25) is 15.6 Å². The Morgan fingerprint density at radius 1 is 1.19 bits per heavy atom. The Bertz CT molecular complexity index is 717. The van der Waals surface area contributed by atoms with Gasteiger partial charge in [-0.25, -0.2) is 8.42 Å². The van der Waals surface area contributed by atoms with E-state index >= 15 is 0 Å². The molecule has 7 nitrogen and oxygen atoms in total. The third kappa shape index (κ3) is 5.83. The SMILES string of the molecule is CSCCCNC(=S)NNC(=O)c1ccc(S(=O)(=O)N2CCCC2)cc1. The van der Waals surface area contributed by atoms with Crippen LogP contribution in [0.5, 0.6) is 0 Å². The minimum atomic E-state index is -3.47. The molecule has 0 saturated carbocycles. The molecule has 10 heteroatoms. The van der Waals surface area contributed by atoms with E-state index in [1.54, 1.807) is 11.8 Å².